The minimum Gasteiger partial charge on any atom is -0.383 e. The Bertz CT molecular complexity index is 322. The van der Waals surface area contributed by atoms with E-state index >= 15 is 0 Å². The molecule has 0 aliphatic carbocycles. The van der Waals surface area contributed by atoms with E-state index in [4.69, 9.17) is 4.74 Å². The quantitative estimate of drug-likeness (QED) is 0.744. The third kappa shape index (κ3) is 3.32. The van der Waals surface area contributed by atoms with Crippen LogP contribution in [-0.2, 0) is 4.74 Å². The van der Waals surface area contributed by atoms with Crippen LogP contribution in [-0.4, -0.2) is 43.1 Å². The zero-order valence-corrected chi connectivity index (χ0v) is 9.36. The molecule has 0 aromatic carbocycles. The summed E-state index contributed by atoms with van der Waals surface area (Å²) in [6, 6.07) is 3.62. The van der Waals surface area contributed by atoms with Crippen molar-refractivity contribution in [2.45, 2.75) is 6.92 Å². The molecule has 0 saturated heterocycles. The molecule has 0 aliphatic heterocycles. The van der Waals surface area contributed by atoms with Gasteiger partial charge in [0.2, 0.25) is 0 Å². The lowest BCUT2D eigenvalue weighted by molar-refractivity contribution is 0.0738. The van der Waals surface area contributed by atoms with Gasteiger partial charge in [0.05, 0.1) is 6.61 Å². The van der Waals surface area contributed by atoms with Crippen molar-refractivity contribution in [1.29, 1.82) is 0 Å². The number of hydrogen-bond acceptors (Lipinski definition) is 3. The lowest BCUT2D eigenvalue weighted by Crippen LogP contribution is -2.30. The van der Waals surface area contributed by atoms with Crippen molar-refractivity contribution in [3.8, 4) is 0 Å². The Morgan fingerprint density at radius 2 is 2.27 bits per heavy atom. The molecule has 0 radical (unpaired) electrons. The second-order valence-electron chi connectivity index (χ2n) is 3.44. The van der Waals surface area contributed by atoms with Crippen LogP contribution in [0.5, 0.6) is 0 Å². The molecule has 15 heavy (non-hydrogen) atoms. The monoisotopic (exact) mass is 208 g/mol. The highest BCUT2D eigenvalue weighted by atomic mass is 16.5. The molecule has 1 rings (SSSR count). The van der Waals surface area contributed by atoms with Crippen molar-refractivity contribution >= 4 is 5.91 Å². The average molecular weight is 208 g/mol. The van der Waals surface area contributed by atoms with Crippen LogP contribution in [0, 0.1) is 6.92 Å². The Morgan fingerprint density at radius 3 is 2.80 bits per heavy atom. The first-order valence-corrected chi connectivity index (χ1v) is 4.82. The summed E-state index contributed by atoms with van der Waals surface area (Å²) in [6.07, 6.45) is 1.69. The second kappa shape index (κ2) is 5.46. The molecule has 4 heteroatoms. The number of ether oxygens (including phenoxy) is 1. The first-order valence-electron chi connectivity index (χ1n) is 4.82. The van der Waals surface area contributed by atoms with E-state index in [-0.39, 0.29) is 5.91 Å². The van der Waals surface area contributed by atoms with E-state index in [1.165, 1.54) is 0 Å². The maximum Gasteiger partial charge on any atom is 0.272 e. The van der Waals surface area contributed by atoms with Gasteiger partial charge in [0.25, 0.3) is 5.91 Å². The standard InChI is InChI=1S/C11H16N2O2/c1-9-4-5-10(12-8-9)11(14)13(2)6-7-15-3/h4-5,8H,6-7H2,1-3H3. The van der Waals surface area contributed by atoms with Gasteiger partial charge in [-0.1, -0.05) is 6.07 Å². The predicted molar refractivity (Wildman–Crippen MR) is 57.8 cm³/mol. The van der Waals surface area contributed by atoms with E-state index in [2.05, 4.69) is 4.98 Å². The van der Waals surface area contributed by atoms with Crippen molar-refractivity contribution in [3.63, 3.8) is 0 Å². The van der Waals surface area contributed by atoms with E-state index in [0.29, 0.717) is 18.8 Å². The third-order valence-corrected chi connectivity index (χ3v) is 2.11. The van der Waals surface area contributed by atoms with Gasteiger partial charge in [-0.2, -0.15) is 0 Å². The van der Waals surface area contributed by atoms with E-state index in [1.54, 1.807) is 31.3 Å². The number of likely N-dealkylation sites (N-methyl/N-ethyl adjacent to an activating group) is 1. The van der Waals surface area contributed by atoms with Crippen LogP contribution in [0.25, 0.3) is 0 Å². The number of aryl methyl sites for hydroxylation is 1. The van der Waals surface area contributed by atoms with Gasteiger partial charge in [-0.25, -0.2) is 0 Å². The van der Waals surface area contributed by atoms with Crippen LogP contribution >= 0.6 is 0 Å². The van der Waals surface area contributed by atoms with Crippen molar-refractivity contribution in [2.75, 3.05) is 27.3 Å². The van der Waals surface area contributed by atoms with Gasteiger partial charge in [0.1, 0.15) is 5.69 Å². The summed E-state index contributed by atoms with van der Waals surface area (Å²) in [4.78, 5) is 17.4. The Labute approximate surface area is 89.9 Å². The zero-order valence-electron chi connectivity index (χ0n) is 9.36. The zero-order chi connectivity index (χ0) is 11.3. The minimum atomic E-state index is -0.0768. The van der Waals surface area contributed by atoms with Gasteiger partial charge in [-0.05, 0) is 18.6 Å². The molecule has 0 fully saturated rings. The van der Waals surface area contributed by atoms with Crippen LogP contribution in [0.1, 0.15) is 16.1 Å². The number of methoxy groups -OCH3 is 1. The van der Waals surface area contributed by atoms with Crippen molar-refractivity contribution in [2.24, 2.45) is 0 Å². The van der Waals surface area contributed by atoms with E-state index in [1.807, 2.05) is 13.0 Å². The van der Waals surface area contributed by atoms with Crippen LogP contribution in [0.2, 0.25) is 0 Å². The Balaban J connectivity index is 2.63. The normalized spacial score (nSPS) is 10.1. The van der Waals surface area contributed by atoms with Crippen LogP contribution in [0.15, 0.2) is 18.3 Å². The highest BCUT2D eigenvalue weighted by Crippen LogP contribution is 2.01. The molecule has 1 amide bonds. The molecule has 0 saturated carbocycles. The van der Waals surface area contributed by atoms with Gasteiger partial charge < -0.3 is 9.64 Å². The number of nitrogens with zero attached hydrogens (tertiary/aromatic N) is 2. The number of hydrogen-bond donors (Lipinski definition) is 0. The van der Waals surface area contributed by atoms with Crippen molar-refractivity contribution < 1.29 is 9.53 Å². The lowest BCUT2D eigenvalue weighted by Gasteiger charge is -2.15. The number of pyridine rings is 1. The fourth-order valence-electron chi connectivity index (χ4n) is 1.12. The first kappa shape index (κ1) is 11.7. The van der Waals surface area contributed by atoms with Crippen LogP contribution < -0.4 is 0 Å². The maximum absolute atomic E-state index is 11.8. The fraction of sp³-hybridized carbons (Fsp3) is 0.455. The topological polar surface area (TPSA) is 42.4 Å². The number of carbonyl (C=O) groups excluding carboxylic acids is 1. The SMILES string of the molecule is COCCN(C)C(=O)c1ccc(C)cn1. The third-order valence-electron chi connectivity index (χ3n) is 2.11. The summed E-state index contributed by atoms with van der Waals surface area (Å²) in [7, 11) is 3.35. The Kier molecular flexibility index (Phi) is 4.24. The lowest BCUT2D eigenvalue weighted by atomic mass is 10.2. The summed E-state index contributed by atoms with van der Waals surface area (Å²) in [5, 5.41) is 0. The Morgan fingerprint density at radius 1 is 1.53 bits per heavy atom. The summed E-state index contributed by atoms with van der Waals surface area (Å²) >= 11 is 0. The molecule has 1 heterocycles. The molecule has 0 N–H and O–H groups in total. The van der Waals surface area contributed by atoms with E-state index in [0.717, 1.165) is 5.56 Å². The minimum absolute atomic E-state index is 0.0768. The van der Waals surface area contributed by atoms with Crippen LogP contribution in [0.4, 0.5) is 0 Å². The number of aromatic nitrogens is 1. The highest BCUT2D eigenvalue weighted by molar-refractivity contribution is 5.92. The molecule has 0 unspecified atom stereocenters. The van der Waals surface area contributed by atoms with E-state index < -0.39 is 0 Å². The first-order chi connectivity index (χ1) is 7.15. The molecule has 0 bridgehead atoms. The van der Waals surface area contributed by atoms with Crippen molar-refractivity contribution in [3.05, 3.63) is 29.6 Å². The van der Waals surface area contributed by atoms with Gasteiger partial charge in [-0.3, -0.25) is 9.78 Å². The number of rotatable bonds is 4. The fourth-order valence-corrected chi connectivity index (χ4v) is 1.12. The molecular formula is C11H16N2O2. The largest absolute Gasteiger partial charge is 0.383 e. The molecule has 0 aliphatic rings. The molecule has 82 valence electrons. The molecule has 1 aromatic rings. The predicted octanol–water partition coefficient (Wildman–Crippen LogP) is 1.11. The number of carbonyl (C=O) groups is 1. The van der Waals surface area contributed by atoms with Crippen molar-refractivity contribution in [1.82, 2.24) is 9.88 Å². The molecule has 1 aromatic heterocycles. The molecule has 0 spiro atoms. The summed E-state index contributed by atoms with van der Waals surface area (Å²) in [6.45, 7) is 3.05. The average Bonchev–Trinajstić information content (AvgIpc) is 2.26. The maximum atomic E-state index is 11.8. The number of amides is 1. The smallest absolute Gasteiger partial charge is 0.272 e. The molecule has 0 atom stereocenters. The Hall–Kier alpha value is -1.42. The van der Waals surface area contributed by atoms with Gasteiger partial charge in [0, 0.05) is 26.9 Å². The van der Waals surface area contributed by atoms with E-state index in [9.17, 15) is 4.79 Å². The summed E-state index contributed by atoms with van der Waals surface area (Å²) in [5.41, 5.74) is 1.52. The summed E-state index contributed by atoms with van der Waals surface area (Å²) < 4.78 is 4.90. The molecule has 4 nitrogen and oxygen atoms in total. The second-order valence-corrected chi connectivity index (χ2v) is 3.44. The van der Waals surface area contributed by atoms with Gasteiger partial charge >= 0.3 is 0 Å². The molecular weight excluding hydrogens is 192 g/mol. The van der Waals surface area contributed by atoms with Crippen LogP contribution in [0.3, 0.4) is 0 Å². The highest BCUT2D eigenvalue weighted by Gasteiger charge is 2.11. The summed E-state index contributed by atoms with van der Waals surface area (Å²) in [5.74, 6) is -0.0768. The van der Waals surface area contributed by atoms with Gasteiger partial charge in [-0.15, -0.1) is 0 Å². The van der Waals surface area contributed by atoms with Gasteiger partial charge in [0.15, 0.2) is 0 Å².